The third kappa shape index (κ3) is 5.33. The summed E-state index contributed by atoms with van der Waals surface area (Å²) in [5.74, 6) is 0.142. The molecule has 9 heteroatoms. The molecule has 0 bridgehead atoms. The Bertz CT molecular complexity index is 1350. The van der Waals surface area contributed by atoms with Gasteiger partial charge in [-0.2, -0.15) is 0 Å². The highest BCUT2D eigenvalue weighted by molar-refractivity contribution is 6.32. The molecule has 1 aliphatic rings. The fourth-order valence-corrected chi connectivity index (χ4v) is 3.81. The van der Waals surface area contributed by atoms with Gasteiger partial charge in [-0.25, -0.2) is 9.79 Å². The number of hydrogen-bond donors (Lipinski definition) is 0. The molecule has 0 spiro atoms. The Labute approximate surface area is 206 Å². The van der Waals surface area contributed by atoms with E-state index >= 15 is 0 Å². The van der Waals surface area contributed by atoms with Gasteiger partial charge in [0.15, 0.2) is 17.2 Å². The molecular formula is C26H21ClN2O6. The zero-order valence-electron chi connectivity index (χ0n) is 19.0. The first-order valence-corrected chi connectivity index (χ1v) is 11.1. The first-order chi connectivity index (χ1) is 16.9. The first kappa shape index (κ1) is 24.0. The summed E-state index contributed by atoms with van der Waals surface area (Å²) in [7, 11) is 0. The van der Waals surface area contributed by atoms with Gasteiger partial charge in [0.1, 0.15) is 6.61 Å². The number of halogens is 1. The number of benzene rings is 3. The maximum atomic E-state index is 12.5. The van der Waals surface area contributed by atoms with Crippen molar-refractivity contribution in [3.05, 3.63) is 104 Å². The van der Waals surface area contributed by atoms with Gasteiger partial charge in [-0.05, 0) is 49.2 Å². The fraction of sp³-hybridized carbons (Fsp3) is 0.154. The molecule has 0 aliphatic carbocycles. The zero-order valence-corrected chi connectivity index (χ0v) is 19.7. The average molecular weight is 493 g/mol. The lowest BCUT2D eigenvalue weighted by atomic mass is 10.1. The van der Waals surface area contributed by atoms with Crippen LogP contribution in [0.4, 0.5) is 5.69 Å². The second-order valence-electron chi connectivity index (χ2n) is 7.58. The van der Waals surface area contributed by atoms with E-state index in [1.54, 1.807) is 25.1 Å². The molecule has 178 valence electrons. The van der Waals surface area contributed by atoms with Crippen molar-refractivity contribution in [2.45, 2.75) is 20.5 Å². The van der Waals surface area contributed by atoms with Crippen molar-refractivity contribution in [2.75, 3.05) is 6.61 Å². The number of carbonyl (C=O) groups is 1. The van der Waals surface area contributed by atoms with Gasteiger partial charge in [-0.3, -0.25) is 10.1 Å². The van der Waals surface area contributed by atoms with Crippen LogP contribution in [0.3, 0.4) is 0 Å². The molecule has 0 aromatic heterocycles. The number of ether oxygens (including phenoxy) is 3. The summed E-state index contributed by atoms with van der Waals surface area (Å²) in [5.41, 5.74) is 2.20. The molecule has 0 fully saturated rings. The quantitative estimate of drug-likeness (QED) is 0.168. The van der Waals surface area contributed by atoms with Crippen molar-refractivity contribution in [2.24, 2.45) is 4.99 Å². The summed E-state index contributed by atoms with van der Waals surface area (Å²) in [4.78, 5) is 27.5. The number of aliphatic imine (C=N–C) groups is 1. The number of esters is 1. The van der Waals surface area contributed by atoms with E-state index in [1.807, 2.05) is 37.3 Å². The predicted octanol–water partition coefficient (Wildman–Crippen LogP) is 5.88. The fourth-order valence-electron chi connectivity index (χ4n) is 3.54. The molecule has 4 rings (SSSR count). The molecule has 0 unspecified atom stereocenters. The SMILES string of the molecule is CCOc1cc(/C=C2\N=C(c3cccc([N+](=O)[O-])c3C)OC2=O)cc(Cl)c1OCc1ccccc1. The second kappa shape index (κ2) is 10.4. The van der Waals surface area contributed by atoms with Gasteiger partial charge in [0.05, 0.1) is 16.6 Å². The molecule has 35 heavy (non-hydrogen) atoms. The largest absolute Gasteiger partial charge is 0.490 e. The summed E-state index contributed by atoms with van der Waals surface area (Å²) < 4.78 is 16.9. The maximum Gasteiger partial charge on any atom is 0.363 e. The third-order valence-electron chi connectivity index (χ3n) is 5.21. The van der Waals surface area contributed by atoms with E-state index in [1.165, 1.54) is 18.2 Å². The highest BCUT2D eigenvalue weighted by Gasteiger charge is 2.27. The number of nitrogens with zero attached hydrogens (tertiary/aromatic N) is 2. The van der Waals surface area contributed by atoms with Crippen LogP contribution in [0.25, 0.3) is 6.08 Å². The van der Waals surface area contributed by atoms with Gasteiger partial charge in [-0.15, -0.1) is 0 Å². The standard InChI is InChI=1S/C26H21ClN2O6/c1-3-33-23-14-18(12-20(27)24(23)34-15-17-8-5-4-6-9-17)13-21-26(30)35-25(28-21)19-10-7-11-22(16(19)2)29(31)32/h4-14H,3,15H2,1-2H3/b21-13-. The Balaban J connectivity index is 1.65. The number of rotatable bonds is 8. The summed E-state index contributed by atoms with van der Waals surface area (Å²) in [6.07, 6.45) is 1.51. The zero-order chi connectivity index (χ0) is 24.9. The molecule has 0 saturated carbocycles. The van der Waals surface area contributed by atoms with Crippen LogP contribution in [0.2, 0.25) is 5.02 Å². The Morgan fingerprint density at radius 2 is 1.89 bits per heavy atom. The Kier molecular flexibility index (Phi) is 7.12. The molecular weight excluding hydrogens is 472 g/mol. The maximum absolute atomic E-state index is 12.5. The van der Waals surface area contributed by atoms with Crippen LogP contribution in [0.5, 0.6) is 11.5 Å². The number of nitro benzene ring substituents is 1. The van der Waals surface area contributed by atoms with Gasteiger partial charge in [0, 0.05) is 17.2 Å². The average Bonchev–Trinajstić information content (AvgIpc) is 3.19. The van der Waals surface area contributed by atoms with Gasteiger partial charge in [-0.1, -0.05) is 48.0 Å². The smallest absolute Gasteiger partial charge is 0.363 e. The number of carbonyl (C=O) groups excluding carboxylic acids is 1. The van der Waals surface area contributed by atoms with E-state index in [4.69, 9.17) is 25.8 Å². The van der Waals surface area contributed by atoms with Crippen LogP contribution in [0, 0.1) is 17.0 Å². The van der Waals surface area contributed by atoms with E-state index in [0.29, 0.717) is 46.4 Å². The van der Waals surface area contributed by atoms with Crippen molar-refractivity contribution in [3.63, 3.8) is 0 Å². The normalized spacial score (nSPS) is 14.0. The first-order valence-electron chi connectivity index (χ1n) is 10.8. The van der Waals surface area contributed by atoms with Gasteiger partial charge < -0.3 is 14.2 Å². The van der Waals surface area contributed by atoms with Crippen molar-refractivity contribution in [1.82, 2.24) is 0 Å². The molecule has 0 atom stereocenters. The molecule has 1 heterocycles. The van der Waals surface area contributed by atoms with E-state index in [9.17, 15) is 14.9 Å². The molecule has 0 N–H and O–H groups in total. The lowest BCUT2D eigenvalue weighted by Crippen LogP contribution is -2.08. The minimum Gasteiger partial charge on any atom is -0.490 e. The van der Waals surface area contributed by atoms with Crippen LogP contribution in [0.1, 0.15) is 29.2 Å². The number of cyclic esters (lactones) is 1. The van der Waals surface area contributed by atoms with Crippen molar-refractivity contribution in [3.8, 4) is 11.5 Å². The van der Waals surface area contributed by atoms with Crippen molar-refractivity contribution in [1.29, 1.82) is 0 Å². The van der Waals surface area contributed by atoms with E-state index < -0.39 is 10.9 Å². The third-order valence-corrected chi connectivity index (χ3v) is 5.49. The highest BCUT2D eigenvalue weighted by Crippen LogP contribution is 2.38. The topological polar surface area (TPSA) is 100 Å². The highest BCUT2D eigenvalue weighted by atomic mass is 35.5. The van der Waals surface area contributed by atoms with Gasteiger partial charge in [0.25, 0.3) is 5.69 Å². The molecule has 3 aromatic carbocycles. The lowest BCUT2D eigenvalue weighted by molar-refractivity contribution is -0.385. The van der Waals surface area contributed by atoms with E-state index in [-0.39, 0.29) is 17.3 Å². The second-order valence-corrected chi connectivity index (χ2v) is 7.99. The van der Waals surface area contributed by atoms with Crippen molar-refractivity contribution < 1.29 is 23.9 Å². The van der Waals surface area contributed by atoms with Crippen LogP contribution in [0.15, 0.2) is 71.4 Å². The molecule has 8 nitrogen and oxygen atoms in total. The molecule has 1 aliphatic heterocycles. The monoisotopic (exact) mass is 492 g/mol. The van der Waals surface area contributed by atoms with Crippen LogP contribution >= 0.6 is 11.6 Å². The predicted molar refractivity (Wildman–Crippen MR) is 132 cm³/mol. The summed E-state index contributed by atoms with van der Waals surface area (Å²) in [6.45, 7) is 4.11. The molecule has 3 aromatic rings. The Morgan fingerprint density at radius 1 is 1.11 bits per heavy atom. The van der Waals surface area contributed by atoms with Gasteiger partial charge >= 0.3 is 5.97 Å². The van der Waals surface area contributed by atoms with Crippen LogP contribution in [-0.2, 0) is 16.1 Å². The summed E-state index contributed by atoms with van der Waals surface area (Å²) in [6, 6.07) is 17.5. The van der Waals surface area contributed by atoms with E-state index in [0.717, 1.165) is 5.56 Å². The summed E-state index contributed by atoms with van der Waals surface area (Å²) >= 11 is 6.50. The van der Waals surface area contributed by atoms with E-state index in [2.05, 4.69) is 4.99 Å². The Hall–Kier alpha value is -4.17. The van der Waals surface area contributed by atoms with Gasteiger partial charge in [0.2, 0.25) is 5.90 Å². The van der Waals surface area contributed by atoms with Crippen LogP contribution < -0.4 is 9.47 Å². The molecule has 0 saturated heterocycles. The van der Waals surface area contributed by atoms with Crippen molar-refractivity contribution >= 4 is 35.2 Å². The molecule has 0 radical (unpaired) electrons. The summed E-state index contributed by atoms with van der Waals surface area (Å²) in [5, 5.41) is 11.6. The van der Waals surface area contributed by atoms with Crippen LogP contribution in [-0.4, -0.2) is 23.4 Å². The lowest BCUT2D eigenvalue weighted by Gasteiger charge is -2.14. The number of hydrogen-bond acceptors (Lipinski definition) is 7. The molecule has 0 amide bonds. The Morgan fingerprint density at radius 3 is 2.60 bits per heavy atom. The number of nitro groups is 1. The minimum absolute atomic E-state index is 0.00129. The minimum atomic E-state index is -0.676.